The van der Waals surface area contributed by atoms with Gasteiger partial charge in [-0.25, -0.2) is 4.98 Å². The molecule has 1 saturated heterocycles. The zero-order chi connectivity index (χ0) is 11.5. The maximum Gasteiger partial charge on any atom is 0.214 e. The van der Waals surface area contributed by atoms with E-state index in [1.54, 1.807) is 12.1 Å². The molecule has 2 rings (SSSR count). The molecule has 0 aliphatic carbocycles. The Balaban J connectivity index is 2.20. The molecule has 0 unspecified atom stereocenters. The molecule has 0 radical (unpaired) electrons. The van der Waals surface area contributed by atoms with Crippen molar-refractivity contribution in [3.05, 3.63) is 23.4 Å². The highest BCUT2D eigenvalue weighted by molar-refractivity contribution is 5.97. The lowest BCUT2D eigenvalue weighted by molar-refractivity contribution is -0.0813. The highest BCUT2D eigenvalue weighted by atomic mass is 16.6. The van der Waals surface area contributed by atoms with Crippen molar-refractivity contribution >= 4 is 5.84 Å². The summed E-state index contributed by atoms with van der Waals surface area (Å²) >= 11 is 0. The van der Waals surface area contributed by atoms with Crippen LogP contribution in [0.25, 0.3) is 0 Å². The van der Waals surface area contributed by atoms with Crippen LogP contribution < -0.4 is 10.5 Å². The topological polar surface area (TPSA) is 90.0 Å². The van der Waals surface area contributed by atoms with E-state index in [2.05, 4.69) is 10.1 Å². The fraction of sp³-hybridized carbons (Fsp3) is 0.400. The monoisotopic (exact) mass is 223 g/mol. The molecule has 1 aromatic heterocycles. The molecule has 0 amide bonds. The molecule has 1 aromatic rings. The Labute approximate surface area is 92.7 Å². The Morgan fingerprint density at radius 2 is 2.38 bits per heavy atom. The average Bonchev–Trinajstić information content (AvgIpc) is 2.21. The molecular formula is C10H13N3O3. The molecule has 86 valence electrons. The van der Waals surface area contributed by atoms with Crippen LogP contribution >= 0.6 is 0 Å². The molecule has 1 aliphatic rings. The highest BCUT2D eigenvalue weighted by Gasteiger charge is 2.21. The lowest BCUT2D eigenvalue weighted by atomic mass is 10.2. The zero-order valence-corrected chi connectivity index (χ0v) is 8.88. The Morgan fingerprint density at radius 1 is 1.62 bits per heavy atom. The maximum atomic E-state index is 8.59. The second-order valence-electron chi connectivity index (χ2n) is 3.60. The van der Waals surface area contributed by atoms with Crippen molar-refractivity contribution in [2.24, 2.45) is 10.9 Å². The van der Waals surface area contributed by atoms with E-state index in [9.17, 15) is 0 Å². The summed E-state index contributed by atoms with van der Waals surface area (Å²) in [6, 6.07) is 3.36. The molecule has 0 aromatic carbocycles. The van der Waals surface area contributed by atoms with Crippen molar-refractivity contribution in [2.45, 2.75) is 13.0 Å². The number of hydrogen-bond donors (Lipinski definition) is 2. The number of rotatable bonds is 3. The number of nitrogens with zero attached hydrogens (tertiary/aromatic N) is 2. The second kappa shape index (κ2) is 4.36. The van der Waals surface area contributed by atoms with Crippen LogP contribution in [0.1, 0.15) is 11.3 Å². The smallest absolute Gasteiger partial charge is 0.214 e. The lowest BCUT2D eigenvalue weighted by Crippen LogP contribution is -2.38. The minimum atomic E-state index is 0.0419. The third-order valence-corrected chi connectivity index (χ3v) is 2.23. The molecule has 3 N–H and O–H groups in total. The quantitative estimate of drug-likeness (QED) is 0.332. The van der Waals surface area contributed by atoms with E-state index in [0.29, 0.717) is 24.7 Å². The van der Waals surface area contributed by atoms with Gasteiger partial charge in [0.1, 0.15) is 6.10 Å². The molecule has 1 aliphatic heterocycles. The summed E-state index contributed by atoms with van der Waals surface area (Å²) in [6.45, 7) is 2.97. The molecule has 0 saturated carbocycles. The second-order valence-corrected chi connectivity index (χ2v) is 3.60. The summed E-state index contributed by atoms with van der Waals surface area (Å²) in [4.78, 5) is 4.20. The summed E-state index contributed by atoms with van der Waals surface area (Å²) < 4.78 is 10.5. The first-order valence-electron chi connectivity index (χ1n) is 4.90. The van der Waals surface area contributed by atoms with Gasteiger partial charge in [0, 0.05) is 17.3 Å². The van der Waals surface area contributed by atoms with Crippen molar-refractivity contribution in [1.82, 2.24) is 4.98 Å². The van der Waals surface area contributed by atoms with Gasteiger partial charge in [0.05, 0.1) is 13.2 Å². The van der Waals surface area contributed by atoms with Crippen LogP contribution in [-0.2, 0) is 4.74 Å². The number of amidine groups is 1. The molecule has 0 bridgehead atoms. The molecule has 16 heavy (non-hydrogen) atoms. The summed E-state index contributed by atoms with van der Waals surface area (Å²) in [5.74, 6) is 0.509. The zero-order valence-electron chi connectivity index (χ0n) is 8.88. The number of ether oxygens (including phenoxy) is 2. The number of hydrogen-bond acceptors (Lipinski definition) is 5. The first-order valence-corrected chi connectivity index (χ1v) is 4.90. The Kier molecular flexibility index (Phi) is 2.91. The van der Waals surface area contributed by atoms with Crippen LogP contribution in [-0.4, -0.2) is 35.3 Å². The van der Waals surface area contributed by atoms with Crippen molar-refractivity contribution in [3.63, 3.8) is 0 Å². The van der Waals surface area contributed by atoms with Gasteiger partial charge in [-0.15, -0.1) is 0 Å². The van der Waals surface area contributed by atoms with Gasteiger partial charge in [-0.1, -0.05) is 5.16 Å². The summed E-state index contributed by atoms with van der Waals surface area (Å²) in [7, 11) is 0. The number of oxime groups is 1. The van der Waals surface area contributed by atoms with Gasteiger partial charge >= 0.3 is 0 Å². The van der Waals surface area contributed by atoms with Crippen LogP contribution in [0.3, 0.4) is 0 Å². The van der Waals surface area contributed by atoms with Crippen LogP contribution in [0.4, 0.5) is 0 Å². The van der Waals surface area contributed by atoms with Crippen molar-refractivity contribution in [3.8, 4) is 5.88 Å². The summed E-state index contributed by atoms with van der Waals surface area (Å²) in [6.07, 6.45) is 0.0504. The first-order chi connectivity index (χ1) is 7.69. The highest BCUT2D eigenvalue weighted by Crippen LogP contribution is 2.16. The van der Waals surface area contributed by atoms with Crippen molar-refractivity contribution in [2.75, 3.05) is 13.2 Å². The summed E-state index contributed by atoms with van der Waals surface area (Å²) in [5, 5.41) is 11.5. The normalized spacial score (nSPS) is 16.9. The molecular weight excluding hydrogens is 210 g/mol. The van der Waals surface area contributed by atoms with Crippen LogP contribution in [0, 0.1) is 6.92 Å². The maximum absolute atomic E-state index is 8.59. The van der Waals surface area contributed by atoms with E-state index in [0.717, 1.165) is 5.69 Å². The Bertz CT molecular complexity index is 416. The average molecular weight is 223 g/mol. The first kappa shape index (κ1) is 10.7. The van der Waals surface area contributed by atoms with E-state index in [4.69, 9.17) is 20.4 Å². The molecule has 0 atom stereocenters. The van der Waals surface area contributed by atoms with Gasteiger partial charge in [-0.2, -0.15) is 0 Å². The number of pyridine rings is 1. The molecule has 6 nitrogen and oxygen atoms in total. The third kappa shape index (κ3) is 2.22. The van der Waals surface area contributed by atoms with Gasteiger partial charge in [0.15, 0.2) is 5.84 Å². The van der Waals surface area contributed by atoms with Gasteiger partial charge in [-0.05, 0) is 13.0 Å². The van der Waals surface area contributed by atoms with Crippen molar-refractivity contribution < 1.29 is 14.7 Å². The van der Waals surface area contributed by atoms with E-state index in [1.165, 1.54) is 0 Å². The van der Waals surface area contributed by atoms with Gasteiger partial charge in [0.2, 0.25) is 5.88 Å². The predicted molar refractivity (Wildman–Crippen MR) is 56.7 cm³/mol. The molecule has 1 fully saturated rings. The fourth-order valence-electron chi connectivity index (χ4n) is 1.36. The van der Waals surface area contributed by atoms with E-state index in [1.807, 2.05) is 6.92 Å². The van der Waals surface area contributed by atoms with Gasteiger partial charge in [0.25, 0.3) is 0 Å². The van der Waals surface area contributed by atoms with Crippen LogP contribution in [0.5, 0.6) is 5.88 Å². The minimum absolute atomic E-state index is 0.0419. The summed E-state index contributed by atoms with van der Waals surface area (Å²) in [5.41, 5.74) is 6.84. The van der Waals surface area contributed by atoms with Gasteiger partial charge < -0.3 is 20.4 Å². The van der Waals surface area contributed by atoms with E-state index >= 15 is 0 Å². The largest absolute Gasteiger partial charge is 0.469 e. The fourth-order valence-corrected chi connectivity index (χ4v) is 1.36. The van der Waals surface area contributed by atoms with Crippen LogP contribution in [0.15, 0.2) is 17.3 Å². The van der Waals surface area contributed by atoms with Crippen LogP contribution in [0.2, 0.25) is 0 Å². The van der Waals surface area contributed by atoms with E-state index in [-0.39, 0.29) is 11.9 Å². The standard InChI is InChI=1S/C10H13N3O3/c1-6-2-7(10(11)13-14)3-9(12-6)16-8-4-15-5-8/h2-3,8,14H,4-5H2,1H3,(H2,11,13). The minimum Gasteiger partial charge on any atom is -0.469 e. The van der Waals surface area contributed by atoms with E-state index < -0.39 is 0 Å². The SMILES string of the molecule is Cc1cc(/C(N)=N/O)cc(OC2COC2)n1. The van der Waals surface area contributed by atoms with Crippen molar-refractivity contribution in [1.29, 1.82) is 0 Å². The Morgan fingerprint density at radius 3 is 2.94 bits per heavy atom. The molecule has 6 heteroatoms. The predicted octanol–water partition coefficient (Wildman–Crippen LogP) is 0.262. The molecule has 0 spiro atoms. The number of nitrogens with two attached hydrogens (primary N) is 1. The number of aryl methyl sites for hydroxylation is 1. The molecule has 2 heterocycles. The van der Waals surface area contributed by atoms with Gasteiger partial charge in [-0.3, -0.25) is 0 Å². The third-order valence-electron chi connectivity index (χ3n) is 2.23. The Hall–Kier alpha value is -1.82. The number of aromatic nitrogens is 1. The lowest BCUT2D eigenvalue weighted by Gasteiger charge is -2.26.